The van der Waals surface area contributed by atoms with Gasteiger partial charge in [-0.25, -0.2) is 0 Å². The average Bonchev–Trinajstić information content (AvgIpc) is 2.71. The summed E-state index contributed by atoms with van der Waals surface area (Å²) >= 11 is 0. The van der Waals surface area contributed by atoms with Crippen molar-refractivity contribution < 1.29 is 19.4 Å². The molecule has 0 aromatic heterocycles. The summed E-state index contributed by atoms with van der Waals surface area (Å²) in [4.78, 5) is 11.4. The second kappa shape index (κ2) is 5.58. The summed E-state index contributed by atoms with van der Waals surface area (Å²) in [6.07, 6.45) is 2.34. The van der Waals surface area contributed by atoms with Gasteiger partial charge < -0.3 is 14.6 Å². The first kappa shape index (κ1) is 15.3. The van der Waals surface area contributed by atoms with Crippen LogP contribution in [0.5, 0.6) is 5.75 Å². The first-order chi connectivity index (χ1) is 10.3. The van der Waals surface area contributed by atoms with Crippen molar-refractivity contribution in [1.82, 2.24) is 0 Å². The number of aryl methyl sites for hydroxylation is 1. The Labute approximate surface area is 131 Å². The lowest BCUT2D eigenvalue weighted by atomic mass is 9.94. The van der Waals surface area contributed by atoms with E-state index in [0.717, 1.165) is 25.0 Å². The molecule has 0 radical (unpaired) electrons. The van der Waals surface area contributed by atoms with Crippen molar-refractivity contribution >= 4 is 5.97 Å². The molecule has 0 aliphatic carbocycles. The van der Waals surface area contributed by atoms with Gasteiger partial charge in [-0.15, -0.1) is 0 Å². The van der Waals surface area contributed by atoms with E-state index >= 15 is 0 Å². The van der Waals surface area contributed by atoms with Gasteiger partial charge >= 0.3 is 5.97 Å². The minimum atomic E-state index is -0.566. The molecule has 2 unspecified atom stereocenters. The molecule has 1 N–H and O–H groups in total. The standard InChI is InChI=1S/C18H24O4/c1-11-4-5-12-10-18(2,3)22-17(12)15(11)7-6-14-8-13(19)9-16(20)21-14/h4-5,13-14,19H,6-10H2,1-3H3. The third-order valence-electron chi connectivity index (χ3n) is 4.52. The van der Waals surface area contributed by atoms with E-state index in [1.807, 2.05) is 0 Å². The monoisotopic (exact) mass is 304 g/mol. The zero-order chi connectivity index (χ0) is 15.9. The first-order valence-corrected chi connectivity index (χ1v) is 8.02. The highest BCUT2D eigenvalue weighted by Crippen LogP contribution is 2.39. The molecule has 1 aromatic carbocycles. The van der Waals surface area contributed by atoms with Crippen molar-refractivity contribution in [2.75, 3.05) is 0 Å². The minimum absolute atomic E-state index is 0.119. The molecular formula is C18H24O4. The van der Waals surface area contributed by atoms with Crippen molar-refractivity contribution in [2.45, 2.75) is 70.7 Å². The van der Waals surface area contributed by atoms with Gasteiger partial charge in [-0.2, -0.15) is 0 Å². The maximum Gasteiger partial charge on any atom is 0.308 e. The van der Waals surface area contributed by atoms with E-state index in [1.165, 1.54) is 16.7 Å². The Morgan fingerprint density at radius 3 is 2.86 bits per heavy atom. The zero-order valence-electron chi connectivity index (χ0n) is 13.5. The van der Waals surface area contributed by atoms with Crippen molar-refractivity contribution in [1.29, 1.82) is 0 Å². The Hall–Kier alpha value is -1.55. The summed E-state index contributed by atoms with van der Waals surface area (Å²) in [5.41, 5.74) is 3.52. The third kappa shape index (κ3) is 3.12. The molecule has 3 rings (SSSR count). The van der Waals surface area contributed by atoms with Gasteiger partial charge in [0, 0.05) is 12.8 Å². The van der Waals surface area contributed by atoms with E-state index in [4.69, 9.17) is 9.47 Å². The number of cyclic esters (lactones) is 1. The van der Waals surface area contributed by atoms with Gasteiger partial charge in [0.1, 0.15) is 17.5 Å². The molecule has 0 amide bonds. The number of esters is 1. The number of carbonyl (C=O) groups excluding carboxylic acids is 1. The molecule has 2 heterocycles. The number of hydrogen-bond donors (Lipinski definition) is 1. The van der Waals surface area contributed by atoms with Gasteiger partial charge in [0.25, 0.3) is 0 Å². The van der Waals surface area contributed by atoms with Gasteiger partial charge in [0.2, 0.25) is 0 Å². The molecular weight excluding hydrogens is 280 g/mol. The fourth-order valence-corrected chi connectivity index (χ4v) is 3.47. The second-order valence-electron chi connectivity index (χ2n) is 7.13. The number of ether oxygens (including phenoxy) is 2. The lowest BCUT2D eigenvalue weighted by Crippen LogP contribution is -2.32. The number of aliphatic hydroxyl groups is 1. The molecule has 2 aliphatic rings. The summed E-state index contributed by atoms with van der Waals surface area (Å²) in [6.45, 7) is 6.29. The van der Waals surface area contributed by atoms with Crippen molar-refractivity contribution in [2.24, 2.45) is 0 Å². The minimum Gasteiger partial charge on any atom is -0.487 e. The highest BCUT2D eigenvalue weighted by atomic mass is 16.5. The lowest BCUT2D eigenvalue weighted by molar-refractivity contribution is -0.160. The molecule has 2 atom stereocenters. The van der Waals surface area contributed by atoms with Crippen LogP contribution >= 0.6 is 0 Å². The summed E-state index contributed by atoms with van der Waals surface area (Å²) in [5, 5.41) is 9.70. The largest absolute Gasteiger partial charge is 0.487 e. The Balaban J connectivity index is 1.74. The van der Waals surface area contributed by atoms with Gasteiger partial charge in [-0.3, -0.25) is 4.79 Å². The van der Waals surface area contributed by atoms with E-state index in [9.17, 15) is 9.90 Å². The predicted octanol–water partition coefficient (Wildman–Crippen LogP) is 2.71. The number of rotatable bonds is 3. The molecule has 4 nitrogen and oxygen atoms in total. The van der Waals surface area contributed by atoms with Crippen molar-refractivity contribution in [3.05, 3.63) is 28.8 Å². The normalized spacial score (nSPS) is 26.3. The SMILES string of the molecule is Cc1ccc2c(c1CCC1CC(O)CC(=O)O1)OC(C)(C)C2. The van der Waals surface area contributed by atoms with E-state index < -0.39 is 6.10 Å². The molecule has 1 saturated heterocycles. The van der Waals surface area contributed by atoms with Crippen molar-refractivity contribution in [3.63, 3.8) is 0 Å². The van der Waals surface area contributed by atoms with Crippen LogP contribution in [0, 0.1) is 6.92 Å². The number of fused-ring (bicyclic) bond motifs is 1. The van der Waals surface area contributed by atoms with Crippen LogP contribution in [0.1, 0.15) is 49.8 Å². The van der Waals surface area contributed by atoms with Gasteiger partial charge in [-0.1, -0.05) is 12.1 Å². The molecule has 22 heavy (non-hydrogen) atoms. The second-order valence-corrected chi connectivity index (χ2v) is 7.13. The van der Waals surface area contributed by atoms with Crippen molar-refractivity contribution in [3.8, 4) is 5.75 Å². The van der Waals surface area contributed by atoms with Crippen LogP contribution < -0.4 is 4.74 Å². The van der Waals surface area contributed by atoms with Crippen LogP contribution in [0.25, 0.3) is 0 Å². The summed E-state index contributed by atoms with van der Waals surface area (Å²) in [6, 6.07) is 4.29. The van der Waals surface area contributed by atoms with Crippen LogP contribution in [0.3, 0.4) is 0 Å². The number of aliphatic hydroxyl groups excluding tert-OH is 1. The average molecular weight is 304 g/mol. The smallest absolute Gasteiger partial charge is 0.308 e. The lowest BCUT2D eigenvalue weighted by Gasteiger charge is -2.26. The van der Waals surface area contributed by atoms with Crippen LogP contribution in [0.4, 0.5) is 0 Å². The summed E-state index contributed by atoms with van der Waals surface area (Å²) < 4.78 is 11.5. The zero-order valence-corrected chi connectivity index (χ0v) is 13.5. The Morgan fingerprint density at radius 1 is 1.36 bits per heavy atom. The quantitative estimate of drug-likeness (QED) is 0.872. The molecule has 0 spiro atoms. The molecule has 4 heteroatoms. The fraction of sp³-hybridized carbons (Fsp3) is 0.611. The molecule has 0 saturated carbocycles. The van der Waals surface area contributed by atoms with Crippen LogP contribution in [0.2, 0.25) is 0 Å². The maximum absolute atomic E-state index is 11.4. The highest BCUT2D eigenvalue weighted by Gasteiger charge is 2.33. The number of hydrogen-bond acceptors (Lipinski definition) is 4. The first-order valence-electron chi connectivity index (χ1n) is 8.02. The van der Waals surface area contributed by atoms with Gasteiger partial charge in [0.15, 0.2) is 0 Å². The van der Waals surface area contributed by atoms with Gasteiger partial charge in [0.05, 0.1) is 12.5 Å². The maximum atomic E-state index is 11.4. The number of carbonyl (C=O) groups is 1. The van der Waals surface area contributed by atoms with Crippen LogP contribution in [-0.2, 0) is 22.4 Å². The van der Waals surface area contributed by atoms with E-state index in [-0.39, 0.29) is 24.1 Å². The van der Waals surface area contributed by atoms with E-state index in [1.54, 1.807) is 0 Å². The molecule has 0 bridgehead atoms. The Kier molecular flexibility index (Phi) is 3.89. The van der Waals surface area contributed by atoms with Crippen LogP contribution in [0.15, 0.2) is 12.1 Å². The topological polar surface area (TPSA) is 55.8 Å². The Morgan fingerprint density at radius 2 is 2.14 bits per heavy atom. The molecule has 1 aromatic rings. The fourth-order valence-electron chi connectivity index (χ4n) is 3.47. The predicted molar refractivity (Wildman–Crippen MR) is 83.0 cm³/mol. The molecule has 1 fully saturated rings. The third-order valence-corrected chi connectivity index (χ3v) is 4.52. The summed E-state index contributed by atoms with van der Waals surface area (Å²) in [5.74, 6) is 0.712. The number of benzene rings is 1. The van der Waals surface area contributed by atoms with Crippen LogP contribution in [-0.4, -0.2) is 28.9 Å². The Bertz CT molecular complexity index is 591. The highest BCUT2D eigenvalue weighted by molar-refractivity contribution is 5.71. The summed E-state index contributed by atoms with van der Waals surface area (Å²) in [7, 11) is 0. The van der Waals surface area contributed by atoms with E-state index in [0.29, 0.717) is 6.42 Å². The van der Waals surface area contributed by atoms with E-state index in [2.05, 4.69) is 32.9 Å². The van der Waals surface area contributed by atoms with Gasteiger partial charge in [-0.05, 0) is 50.3 Å². The molecule has 120 valence electrons. The molecule has 2 aliphatic heterocycles.